The monoisotopic (exact) mass is 424 g/mol. The number of hydrogen-bond acceptors (Lipinski definition) is 11. The number of aliphatic hydroxyl groups excluding tert-OH is 5. The Labute approximate surface area is 166 Å². The Balaban J connectivity index is 2.24. The van der Waals surface area contributed by atoms with Gasteiger partial charge in [0.1, 0.15) is 48.8 Å². The lowest BCUT2D eigenvalue weighted by molar-refractivity contribution is -0.345. The van der Waals surface area contributed by atoms with Crippen LogP contribution in [-0.2, 0) is 28.5 Å². The van der Waals surface area contributed by atoms with Crippen LogP contribution in [0.3, 0.4) is 0 Å². The third-order valence-electron chi connectivity index (χ3n) is 4.85. The van der Waals surface area contributed by atoms with Crippen LogP contribution >= 0.6 is 0 Å². The number of carbonyl (C=O) groups excluding carboxylic acids is 2. The smallest absolute Gasteiger partial charge is 0.217 e. The van der Waals surface area contributed by atoms with Gasteiger partial charge in [-0.2, -0.15) is 0 Å². The van der Waals surface area contributed by atoms with Gasteiger partial charge in [0, 0.05) is 20.6 Å². The van der Waals surface area contributed by atoms with Gasteiger partial charge in [0.2, 0.25) is 12.3 Å². The van der Waals surface area contributed by atoms with Crippen LogP contribution in [0.2, 0.25) is 0 Å². The Morgan fingerprint density at radius 2 is 1.76 bits per heavy atom. The van der Waals surface area contributed by atoms with Gasteiger partial charge in [-0.15, -0.1) is 0 Å². The standard InChI is InChI=1S/C16H28N2O11/c1-6(21)18-9-11(23)13(7(3-17-5-20)27-15(9)25)29-16-14(26-2)12(24)10(22)8(4-19)28-16/h5,7-16,19,22-25H,3-4H2,1-2H3,(H,17,20)(H,18,21)/t7-,8-,9-,10-,11+,12-,13+,14-,15+,16-/m0/s1. The maximum Gasteiger partial charge on any atom is 0.217 e. The fraction of sp³-hybridized carbons (Fsp3) is 0.875. The predicted octanol–water partition coefficient (Wildman–Crippen LogP) is -4.85. The van der Waals surface area contributed by atoms with Crippen LogP contribution in [-0.4, -0.2) is 119 Å². The summed E-state index contributed by atoms with van der Waals surface area (Å²) in [5.74, 6) is -0.539. The lowest BCUT2D eigenvalue weighted by Gasteiger charge is -2.47. The Morgan fingerprint density at radius 3 is 2.31 bits per heavy atom. The second-order valence-electron chi connectivity index (χ2n) is 6.82. The summed E-state index contributed by atoms with van der Waals surface area (Å²) in [4.78, 5) is 22.0. The van der Waals surface area contributed by atoms with Gasteiger partial charge in [0.25, 0.3) is 0 Å². The number of carbonyl (C=O) groups is 2. The summed E-state index contributed by atoms with van der Waals surface area (Å²) in [6.45, 7) is 0.403. The molecule has 0 saturated carbocycles. The number of rotatable bonds is 8. The molecule has 0 aromatic carbocycles. The van der Waals surface area contributed by atoms with Gasteiger partial charge in [-0.3, -0.25) is 9.59 Å². The van der Waals surface area contributed by atoms with Crippen LogP contribution in [0.4, 0.5) is 0 Å². The average molecular weight is 424 g/mol. The molecule has 10 atom stereocenters. The van der Waals surface area contributed by atoms with Gasteiger partial charge in [-0.1, -0.05) is 0 Å². The topological polar surface area (TPSA) is 196 Å². The molecule has 29 heavy (non-hydrogen) atoms. The van der Waals surface area contributed by atoms with Crippen molar-refractivity contribution >= 4 is 12.3 Å². The van der Waals surface area contributed by atoms with E-state index in [2.05, 4.69) is 10.6 Å². The van der Waals surface area contributed by atoms with Crippen molar-refractivity contribution in [3.63, 3.8) is 0 Å². The first-order chi connectivity index (χ1) is 13.7. The fourth-order valence-corrected chi connectivity index (χ4v) is 3.39. The van der Waals surface area contributed by atoms with Crippen LogP contribution in [0.25, 0.3) is 0 Å². The van der Waals surface area contributed by atoms with Gasteiger partial charge in [0.15, 0.2) is 12.6 Å². The van der Waals surface area contributed by atoms with E-state index in [1.54, 1.807) is 0 Å². The molecule has 7 N–H and O–H groups in total. The third kappa shape index (κ3) is 5.39. The Bertz CT molecular complexity index is 553. The Kier molecular flexibility index (Phi) is 8.69. The average Bonchev–Trinajstić information content (AvgIpc) is 2.68. The van der Waals surface area contributed by atoms with Crippen LogP contribution in [0.5, 0.6) is 0 Å². The van der Waals surface area contributed by atoms with Crippen LogP contribution in [0.1, 0.15) is 6.92 Å². The van der Waals surface area contributed by atoms with Crippen molar-refractivity contribution in [2.45, 2.75) is 68.3 Å². The fourth-order valence-electron chi connectivity index (χ4n) is 3.39. The van der Waals surface area contributed by atoms with Gasteiger partial charge in [-0.05, 0) is 0 Å². The molecule has 0 bridgehead atoms. The van der Waals surface area contributed by atoms with Crippen molar-refractivity contribution in [3.05, 3.63) is 0 Å². The number of methoxy groups -OCH3 is 1. The molecule has 2 aliphatic rings. The van der Waals surface area contributed by atoms with Crippen molar-refractivity contribution < 1.29 is 54.1 Å². The number of ether oxygens (including phenoxy) is 4. The molecule has 2 rings (SSSR count). The highest BCUT2D eigenvalue weighted by atomic mass is 16.7. The molecule has 2 aliphatic heterocycles. The summed E-state index contributed by atoms with van der Waals surface area (Å²) >= 11 is 0. The predicted molar refractivity (Wildman–Crippen MR) is 92.0 cm³/mol. The summed E-state index contributed by atoms with van der Waals surface area (Å²) in [6, 6.07) is -1.25. The summed E-state index contributed by atoms with van der Waals surface area (Å²) in [5.41, 5.74) is 0. The van der Waals surface area contributed by atoms with Crippen molar-refractivity contribution in [2.75, 3.05) is 20.3 Å². The number of nitrogens with one attached hydrogen (secondary N) is 2. The van der Waals surface area contributed by atoms with E-state index in [4.69, 9.17) is 18.9 Å². The molecular formula is C16H28N2O11. The maximum absolute atomic E-state index is 11.4. The van der Waals surface area contributed by atoms with E-state index >= 15 is 0 Å². The maximum atomic E-state index is 11.4. The summed E-state index contributed by atoms with van der Waals surface area (Å²) in [7, 11) is 1.24. The molecule has 2 heterocycles. The number of amides is 2. The largest absolute Gasteiger partial charge is 0.394 e. The number of hydrogen-bond donors (Lipinski definition) is 7. The molecule has 0 aromatic rings. The SMILES string of the molecule is CO[C@@H]1[C@H](O[C@H]2[C@H](O)[C@H](NC(C)=O)[C@H](O)O[C@H]2CNC=O)O[C@@H](CO)[C@H](O)[C@@H]1O. The van der Waals surface area contributed by atoms with Crippen molar-refractivity contribution in [3.8, 4) is 0 Å². The minimum absolute atomic E-state index is 0.159. The van der Waals surface area contributed by atoms with Crippen LogP contribution in [0, 0.1) is 0 Å². The first kappa shape index (κ1) is 23.9. The van der Waals surface area contributed by atoms with Crippen molar-refractivity contribution in [1.29, 1.82) is 0 Å². The third-order valence-corrected chi connectivity index (χ3v) is 4.85. The zero-order chi connectivity index (χ0) is 21.7. The Morgan fingerprint density at radius 1 is 1.07 bits per heavy atom. The molecular weight excluding hydrogens is 396 g/mol. The second-order valence-corrected chi connectivity index (χ2v) is 6.82. The zero-order valence-corrected chi connectivity index (χ0v) is 16.0. The van der Waals surface area contributed by atoms with E-state index in [1.165, 1.54) is 14.0 Å². The zero-order valence-electron chi connectivity index (χ0n) is 16.0. The Hall–Kier alpha value is -1.42. The lowest BCUT2D eigenvalue weighted by Crippen LogP contribution is -2.67. The normalized spacial score (nSPS) is 42.9. The molecule has 168 valence electrons. The molecule has 2 saturated heterocycles. The highest BCUT2D eigenvalue weighted by molar-refractivity contribution is 5.73. The number of aliphatic hydroxyl groups is 5. The lowest BCUT2D eigenvalue weighted by atomic mass is 9.95. The summed E-state index contributed by atoms with van der Waals surface area (Å²) < 4.78 is 21.7. The van der Waals surface area contributed by atoms with E-state index in [0.717, 1.165) is 0 Å². The van der Waals surface area contributed by atoms with E-state index in [-0.39, 0.29) is 6.54 Å². The van der Waals surface area contributed by atoms with Gasteiger partial charge in [0.05, 0.1) is 6.61 Å². The van der Waals surface area contributed by atoms with Gasteiger partial charge in [-0.25, -0.2) is 0 Å². The first-order valence-corrected chi connectivity index (χ1v) is 9.01. The van der Waals surface area contributed by atoms with Crippen molar-refractivity contribution in [1.82, 2.24) is 10.6 Å². The van der Waals surface area contributed by atoms with E-state index < -0.39 is 73.9 Å². The molecule has 0 spiro atoms. The van der Waals surface area contributed by atoms with E-state index in [9.17, 15) is 35.1 Å². The first-order valence-electron chi connectivity index (χ1n) is 9.01. The van der Waals surface area contributed by atoms with Gasteiger partial charge >= 0.3 is 0 Å². The van der Waals surface area contributed by atoms with Crippen molar-refractivity contribution in [2.24, 2.45) is 0 Å². The quantitative estimate of drug-likeness (QED) is 0.185. The highest BCUT2D eigenvalue weighted by Gasteiger charge is 2.51. The molecule has 13 nitrogen and oxygen atoms in total. The summed E-state index contributed by atoms with van der Waals surface area (Å²) in [5, 5.41) is 55.1. The molecule has 0 aromatic heterocycles. The van der Waals surface area contributed by atoms with E-state index in [1.807, 2.05) is 0 Å². The minimum atomic E-state index is -1.59. The van der Waals surface area contributed by atoms with Crippen LogP contribution in [0.15, 0.2) is 0 Å². The van der Waals surface area contributed by atoms with E-state index in [0.29, 0.717) is 6.41 Å². The summed E-state index contributed by atoms with van der Waals surface area (Å²) in [6.07, 6.45) is -11.7. The van der Waals surface area contributed by atoms with Gasteiger partial charge < -0.3 is 55.1 Å². The van der Waals surface area contributed by atoms with Crippen LogP contribution < -0.4 is 10.6 Å². The molecule has 13 heteroatoms. The minimum Gasteiger partial charge on any atom is -0.394 e. The molecule has 2 amide bonds. The molecule has 0 unspecified atom stereocenters. The molecule has 2 fully saturated rings. The molecule has 0 radical (unpaired) electrons. The molecule has 0 aliphatic carbocycles. The highest BCUT2D eigenvalue weighted by Crippen LogP contribution is 2.29. The second kappa shape index (κ2) is 10.6.